The van der Waals surface area contributed by atoms with Crippen LogP contribution in [0.2, 0.25) is 0 Å². The number of aryl methyl sites for hydroxylation is 2. The summed E-state index contributed by atoms with van der Waals surface area (Å²) >= 11 is 1.97. The molecular formula is C54H61BN2S. The molecular weight excluding hydrogens is 719 g/mol. The molecule has 1 aromatic heterocycles. The molecule has 2 aliphatic heterocycles. The van der Waals surface area contributed by atoms with Crippen molar-refractivity contribution in [3.63, 3.8) is 0 Å². The van der Waals surface area contributed by atoms with Crippen LogP contribution in [0.5, 0.6) is 0 Å². The van der Waals surface area contributed by atoms with Gasteiger partial charge in [0.1, 0.15) is 0 Å². The van der Waals surface area contributed by atoms with Gasteiger partial charge in [-0.2, -0.15) is 0 Å². The Bertz CT molecular complexity index is 2720. The zero-order chi connectivity index (χ0) is 41.1. The Morgan fingerprint density at radius 2 is 1.21 bits per heavy atom. The maximum Gasteiger partial charge on any atom is 0.254 e. The van der Waals surface area contributed by atoms with Crippen molar-refractivity contribution < 1.29 is 0 Å². The highest BCUT2D eigenvalue weighted by Gasteiger charge is 2.50. The molecule has 296 valence electrons. The molecule has 6 aromatic rings. The molecule has 0 atom stereocenters. The van der Waals surface area contributed by atoms with Crippen LogP contribution in [0.1, 0.15) is 141 Å². The predicted molar refractivity (Wildman–Crippen MR) is 255 cm³/mol. The lowest BCUT2D eigenvalue weighted by atomic mass is 9.33. The van der Waals surface area contributed by atoms with Gasteiger partial charge < -0.3 is 9.80 Å². The molecule has 3 heterocycles. The van der Waals surface area contributed by atoms with Gasteiger partial charge in [-0.05, 0) is 164 Å². The second kappa shape index (κ2) is 12.2. The van der Waals surface area contributed by atoms with Crippen LogP contribution in [0, 0.1) is 13.8 Å². The average molecular weight is 781 g/mol. The monoisotopic (exact) mass is 780 g/mol. The molecule has 0 fully saturated rings. The number of rotatable bonds is 2. The Hall–Kier alpha value is -4.28. The molecule has 5 aromatic carbocycles. The lowest BCUT2D eigenvalue weighted by Crippen LogP contribution is -2.61. The molecule has 0 saturated heterocycles. The summed E-state index contributed by atoms with van der Waals surface area (Å²) in [6.45, 7) is 31.6. The first-order valence-corrected chi connectivity index (χ1v) is 22.7. The first-order chi connectivity index (χ1) is 27.2. The van der Waals surface area contributed by atoms with E-state index in [1.54, 1.807) is 5.56 Å². The minimum absolute atomic E-state index is 0.0141. The van der Waals surface area contributed by atoms with Gasteiger partial charge >= 0.3 is 0 Å². The van der Waals surface area contributed by atoms with Crippen LogP contribution in [-0.4, -0.2) is 6.71 Å². The fraction of sp³-hybridized carbons (Fsp3) is 0.407. The SMILES string of the molecule is Cc1cc2c3c(c1)N(c1ccc4c(c1)C(C)(C)CCC4(C)C)c1c(ccc4c1C(C)(C)CCC4(C)C)B3c1c(sc3ccccc13)N2c1ccc(C(C)(C)C)cc1C. The van der Waals surface area contributed by atoms with E-state index in [0.717, 1.165) is 0 Å². The van der Waals surface area contributed by atoms with Crippen LogP contribution >= 0.6 is 11.3 Å². The highest BCUT2D eigenvalue weighted by molar-refractivity contribution is 7.26. The van der Waals surface area contributed by atoms with Gasteiger partial charge in [0.05, 0.1) is 5.00 Å². The summed E-state index contributed by atoms with van der Waals surface area (Å²) in [6, 6.07) is 34.1. The lowest BCUT2D eigenvalue weighted by molar-refractivity contribution is 0.331. The zero-order valence-corrected chi connectivity index (χ0v) is 38.1. The second-order valence-electron chi connectivity index (χ2n) is 22.1. The van der Waals surface area contributed by atoms with E-state index >= 15 is 0 Å². The van der Waals surface area contributed by atoms with Crippen molar-refractivity contribution in [3.05, 3.63) is 124 Å². The third kappa shape index (κ3) is 5.35. The molecule has 0 amide bonds. The summed E-state index contributed by atoms with van der Waals surface area (Å²) in [5, 5.41) is 2.74. The number of nitrogens with zero attached hydrogens (tertiary/aromatic N) is 2. The van der Waals surface area contributed by atoms with Crippen molar-refractivity contribution in [1.29, 1.82) is 0 Å². The number of fused-ring (bicyclic) bond motifs is 9. The van der Waals surface area contributed by atoms with Crippen molar-refractivity contribution in [2.75, 3.05) is 9.80 Å². The highest BCUT2D eigenvalue weighted by atomic mass is 32.1. The first-order valence-electron chi connectivity index (χ1n) is 21.9. The highest BCUT2D eigenvalue weighted by Crippen LogP contribution is 2.56. The van der Waals surface area contributed by atoms with Gasteiger partial charge in [-0.25, -0.2) is 0 Å². The smallest absolute Gasteiger partial charge is 0.254 e. The van der Waals surface area contributed by atoms with E-state index in [4.69, 9.17) is 0 Å². The van der Waals surface area contributed by atoms with Crippen LogP contribution in [0.4, 0.5) is 33.4 Å². The molecule has 2 nitrogen and oxygen atoms in total. The molecule has 10 rings (SSSR count). The van der Waals surface area contributed by atoms with Crippen molar-refractivity contribution in [1.82, 2.24) is 0 Å². The van der Waals surface area contributed by atoms with Crippen LogP contribution in [0.15, 0.2) is 84.9 Å². The van der Waals surface area contributed by atoms with Crippen molar-refractivity contribution in [2.24, 2.45) is 0 Å². The van der Waals surface area contributed by atoms with Gasteiger partial charge in [-0.1, -0.05) is 125 Å². The summed E-state index contributed by atoms with van der Waals surface area (Å²) in [5.41, 5.74) is 21.5. The number of hydrogen-bond acceptors (Lipinski definition) is 3. The Morgan fingerprint density at radius 3 is 1.90 bits per heavy atom. The molecule has 0 radical (unpaired) electrons. The largest absolute Gasteiger partial charge is 0.311 e. The molecule has 0 spiro atoms. The number of anilines is 6. The lowest BCUT2D eigenvalue weighted by Gasteiger charge is -2.49. The van der Waals surface area contributed by atoms with E-state index < -0.39 is 0 Å². The molecule has 2 aliphatic carbocycles. The van der Waals surface area contributed by atoms with E-state index in [1.165, 1.54) is 119 Å². The normalized spacial score (nSPS) is 19.3. The third-order valence-electron chi connectivity index (χ3n) is 15.1. The van der Waals surface area contributed by atoms with Crippen LogP contribution in [0.3, 0.4) is 0 Å². The van der Waals surface area contributed by atoms with Gasteiger partial charge in [-0.15, -0.1) is 11.3 Å². The summed E-state index contributed by atoms with van der Waals surface area (Å²) in [4.78, 5) is 5.40. The number of hydrogen-bond donors (Lipinski definition) is 0. The summed E-state index contributed by atoms with van der Waals surface area (Å²) in [5.74, 6) is 0. The number of benzene rings is 5. The molecule has 58 heavy (non-hydrogen) atoms. The molecule has 0 unspecified atom stereocenters. The standard InChI is InChI=1S/C54H61BN2S/c1-32-28-42-47-43(29-32)57(41-23-18-34(30-33(41)2)50(3,4)5)49-46(36-16-14-15-17-44(36)58-49)55(47)40-22-21-38-45(54(12,13)27-26-52(38,8)9)48(40)56(42)35-19-20-37-39(31-35)53(10,11)25-24-51(37,6)7/h14-23,28-31H,24-27H2,1-13H3. The maximum absolute atomic E-state index is 2.75. The predicted octanol–water partition coefficient (Wildman–Crippen LogP) is 13.6. The zero-order valence-electron chi connectivity index (χ0n) is 37.3. The maximum atomic E-state index is 2.75. The third-order valence-corrected chi connectivity index (χ3v) is 16.3. The fourth-order valence-electron chi connectivity index (χ4n) is 11.4. The van der Waals surface area contributed by atoms with Gasteiger partial charge in [-0.3, -0.25) is 0 Å². The Morgan fingerprint density at radius 1 is 0.586 bits per heavy atom. The molecule has 0 bridgehead atoms. The van der Waals surface area contributed by atoms with E-state index in [1.807, 2.05) is 11.3 Å². The van der Waals surface area contributed by atoms with Crippen molar-refractivity contribution in [3.8, 4) is 0 Å². The Balaban J connectivity index is 1.35. The van der Waals surface area contributed by atoms with E-state index in [2.05, 4.69) is 185 Å². The Kier molecular flexibility index (Phi) is 7.96. The minimum atomic E-state index is 0.0141. The topological polar surface area (TPSA) is 6.48 Å². The van der Waals surface area contributed by atoms with Crippen molar-refractivity contribution >= 4 is 78.0 Å². The van der Waals surface area contributed by atoms with E-state index in [0.29, 0.717) is 0 Å². The number of thiophene rings is 1. The molecule has 4 heteroatoms. The van der Waals surface area contributed by atoms with E-state index in [9.17, 15) is 0 Å². The summed E-state index contributed by atoms with van der Waals surface area (Å²) in [6.07, 6.45) is 4.77. The fourth-order valence-corrected chi connectivity index (χ4v) is 12.7. The molecule has 4 aliphatic rings. The average Bonchev–Trinajstić information content (AvgIpc) is 3.54. The summed E-state index contributed by atoms with van der Waals surface area (Å²) < 4.78 is 1.36. The van der Waals surface area contributed by atoms with Crippen LogP contribution in [0.25, 0.3) is 10.1 Å². The van der Waals surface area contributed by atoms with Gasteiger partial charge in [0.25, 0.3) is 6.71 Å². The van der Waals surface area contributed by atoms with Crippen LogP contribution < -0.4 is 26.2 Å². The second-order valence-corrected chi connectivity index (χ2v) is 23.1. The van der Waals surface area contributed by atoms with Crippen LogP contribution in [-0.2, 0) is 27.1 Å². The first kappa shape index (κ1) is 38.0. The van der Waals surface area contributed by atoms with E-state index in [-0.39, 0.29) is 33.8 Å². The van der Waals surface area contributed by atoms with Gasteiger partial charge in [0.15, 0.2) is 0 Å². The van der Waals surface area contributed by atoms with Gasteiger partial charge in [0.2, 0.25) is 0 Å². The summed E-state index contributed by atoms with van der Waals surface area (Å²) in [7, 11) is 0. The van der Waals surface area contributed by atoms with Crippen molar-refractivity contribution in [2.45, 2.75) is 143 Å². The molecule has 0 saturated carbocycles. The molecule has 0 N–H and O–H groups in total. The Labute approximate surface area is 352 Å². The quantitative estimate of drug-likeness (QED) is 0.161. The minimum Gasteiger partial charge on any atom is -0.311 e. The van der Waals surface area contributed by atoms with Gasteiger partial charge in [0, 0.05) is 33.1 Å².